The van der Waals surface area contributed by atoms with Crippen molar-refractivity contribution in [3.05, 3.63) is 95.7 Å². The Bertz CT molecular complexity index is 1500. The summed E-state index contributed by atoms with van der Waals surface area (Å²) in [6.07, 6.45) is 0. The lowest BCUT2D eigenvalue weighted by molar-refractivity contribution is 0.669. The first-order chi connectivity index (χ1) is 14.3. The Kier molecular flexibility index (Phi) is 3.61. The van der Waals surface area contributed by atoms with Gasteiger partial charge in [-0.05, 0) is 57.4 Å². The fraction of sp³-hybridized carbons (Fsp3) is 0. The lowest BCUT2D eigenvalue weighted by Crippen LogP contribution is -1.94. The van der Waals surface area contributed by atoms with Gasteiger partial charge in [0.25, 0.3) is 0 Å². The highest BCUT2D eigenvalue weighted by atomic mass is 79.9. The highest BCUT2D eigenvalue weighted by Crippen LogP contribution is 2.37. The van der Waals surface area contributed by atoms with Gasteiger partial charge in [-0.15, -0.1) is 0 Å². The van der Waals surface area contributed by atoms with Crippen LogP contribution in [0.25, 0.3) is 49.8 Å². The smallest absolute Gasteiger partial charge is 0.182 e. The van der Waals surface area contributed by atoms with Crippen LogP contribution in [0, 0.1) is 0 Å². The van der Waals surface area contributed by atoms with E-state index in [9.17, 15) is 0 Å². The van der Waals surface area contributed by atoms with Crippen LogP contribution < -0.4 is 0 Å². The molecule has 0 fully saturated rings. The number of hydrogen-bond acceptors (Lipinski definition) is 2. The zero-order valence-electron chi connectivity index (χ0n) is 15.3. The average molecular weight is 439 g/mol. The van der Waals surface area contributed by atoms with Crippen molar-refractivity contribution in [2.45, 2.75) is 0 Å². The molecule has 2 aromatic heterocycles. The third-order valence-corrected chi connectivity index (χ3v) is 5.88. The van der Waals surface area contributed by atoms with E-state index in [2.05, 4.69) is 75.1 Å². The third-order valence-electron chi connectivity index (χ3n) is 5.35. The molecule has 0 unspecified atom stereocenters. The predicted octanol–water partition coefficient (Wildman–Crippen LogP) is 7.35. The van der Waals surface area contributed by atoms with Crippen LogP contribution in [-0.4, -0.2) is 9.55 Å². The van der Waals surface area contributed by atoms with Crippen LogP contribution in [0.1, 0.15) is 0 Å². The van der Waals surface area contributed by atoms with E-state index in [1.165, 1.54) is 11.1 Å². The monoisotopic (exact) mass is 438 g/mol. The van der Waals surface area contributed by atoms with Gasteiger partial charge in [0.1, 0.15) is 11.2 Å². The molecule has 0 bridgehead atoms. The fourth-order valence-corrected chi connectivity index (χ4v) is 4.59. The molecule has 0 saturated heterocycles. The summed E-state index contributed by atoms with van der Waals surface area (Å²) in [5.74, 6) is 0. The molecule has 3 nitrogen and oxygen atoms in total. The molecule has 0 spiro atoms. The molecule has 2 heterocycles. The first-order valence-electron chi connectivity index (χ1n) is 9.44. The van der Waals surface area contributed by atoms with Crippen molar-refractivity contribution in [3.8, 4) is 16.8 Å². The van der Waals surface area contributed by atoms with Crippen LogP contribution in [0.3, 0.4) is 0 Å². The molecule has 0 aliphatic rings. The van der Waals surface area contributed by atoms with E-state index in [0.29, 0.717) is 0 Å². The topological polar surface area (TPSA) is 31.0 Å². The molecule has 0 radical (unpaired) electrons. The quantitative estimate of drug-likeness (QED) is 0.282. The van der Waals surface area contributed by atoms with Gasteiger partial charge in [-0.1, -0.05) is 60.7 Å². The largest absolute Gasteiger partial charge is 0.456 e. The molecule has 4 heteroatoms. The van der Waals surface area contributed by atoms with E-state index in [4.69, 9.17) is 9.40 Å². The molecule has 0 aliphatic heterocycles. The Labute approximate surface area is 175 Å². The van der Waals surface area contributed by atoms with Crippen molar-refractivity contribution in [2.75, 3.05) is 0 Å². The van der Waals surface area contributed by atoms with Gasteiger partial charge in [-0.2, -0.15) is 0 Å². The fourth-order valence-electron chi connectivity index (χ4n) is 4.02. The number of nitrogens with zero attached hydrogens (tertiary/aromatic N) is 2. The molecule has 4 aromatic carbocycles. The molecule has 0 atom stereocenters. The summed E-state index contributed by atoms with van der Waals surface area (Å²) in [6.45, 7) is 0. The minimum absolute atomic E-state index is 0.776. The van der Waals surface area contributed by atoms with Gasteiger partial charge in [0.05, 0.1) is 16.4 Å². The van der Waals surface area contributed by atoms with Crippen molar-refractivity contribution in [3.63, 3.8) is 0 Å². The van der Waals surface area contributed by atoms with Crippen molar-refractivity contribution in [2.24, 2.45) is 0 Å². The van der Waals surface area contributed by atoms with E-state index in [1.54, 1.807) is 0 Å². The van der Waals surface area contributed by atoms with Crippen LogP contribution in [0.5, 0.6) is 0 Å². The summed E-state index contributed by atoms with van der Waals surface area (Å²) in [6, 6.07) is 31.1. The Morgan fingerprint density at radius 3 is 2.24 bits per heavy atom. The Morgan fingerprint density at radius 1 is 0.690 bits per heavy atom. The van der Waals surface area contributed by atoms with Gasteiger partial charge in [-0.25, -0.2) is 4.98 Å². The summed E-state index contributed by atoms with van der Waals surface area (Å²) < 4.78 is 9.00. The SMILES string of the molecule is Brc1nc2ccc3oc4ccccc4c3c2n1-c1ccc(-c2ccccc2)cc1. The van der Waals surface area contributed by atoms with Gasteiger partial charge in [0, 0.05) is 11.1 Å². The Morgan fingerprint density at radius 2 is 1.41 bits per heavy atom. The van der Waals surface area contributed by atoms with Crippen LogP contribution in [0.2, 0.25) is 0 Å². The van der Waals surface area contributed by atoms with E-state index in [-0.39, 0.29) is 0 Å². The zero-order chi connectivity index (χ0) is 19.4. The number of aromatic nitrogens is 2. The Hall–Kier alpha value is -3.37. The predicted molar refractivity (Wildman–Crippen MR) is 121 cm³/mol. The lowest BCUT2D eigenvalue weighted by Gasteiger charge is -2.09. The maximum absolute atomic E-state index is 6.08. The van der Waals surface area contributed by atoms with Crippen molar-refractivity contribution < 1.29 is 4.42 Å². The first kappa shape index (κ1) is 16.6. The number of hydrogen-bond donors (Lipinski definition) is 0. The zero-order valence-corrected chi connectivity index (χ0v) is 16.9. The number of imidazole rings is 1. The van der Waals surface area contributed by atoms with Crippen molar-refractivity contribution in [1.82, 2.24) is 9.55 Å². The van der Waals surface area contributed by atoms with Crippen LogP contribution >= 0.6 is 15.9 Å². The number of para-hydroxylation sites is 1. The van der Waals surface area contributed by atoms with Gasteiger partial charge in [0.2, 0.25) is 0 Å². The molecule has 0 N–H and O–H groups in total. The molecular formula is C25H15BrN2O. The second-order valence-corrected chi connectivity index (χ2v) is 7.74. The van der Waals surface area contributed by atoms with E-state index in [1.807, 2.05) is 36.4 Å². The number of furan rings is 1. The summed E-state index contributed by atoms with van der Waals surface area (Å²) in [7, 11) is 0. The average Bonchev–Trinajstić information content (AvgIpc) is 3.31. The molecule has 138 valence electrons. The maximum Gasteiger partial charge on any atom is 0.182 e. The van der Waals surface area contributed by atoms with Gasteiger partial charge < -0.3 is 4.42 Å². The van der Waals surface area contributed by atoms with Gasteiger partial charge in [0.15, 0.2) is 4.73 Å². The van der Waals surface area contributed by atoms with E-state index < -0.39 is 0 Å². The van der Waals surface area contributed by atoms with Crippen molar-refractivity contribution in [1.29, 1.82) is 0 Å². The molecule has 6 rings (SSSR count). The molecule has 0 aliphatic carbocycles. The number of halogens is 1. The maximum atomic E-state index is 6.08. The van der Waals surface area contributed by atoms with E-state index >= 15 is 0 Å². The summed E-state index contributed by atoms with van der Waals surface area (Å²) in [5, 5.41) is 2.19. The molecular weight excluding hydrogens is 424 g/mol. The third kappa shape index (κ3) is 2.53. The van der Waals surface area contributed by atoms with Gasteiger partial charge in [-0.3, -0.25) is 4.57 Å². The Balaban J connectivity index is 1.62. The van der Waals surface area contributed by atoms with Gasteiger partial charge >= 0.3 is 0 Å². The highest BCUT2D eigenvalue weighted by molar-refractivity contribution is 9.10. The number of rotatable bonds is 2. The van der Waals surface area contributed by atoms with Crippen LogP contribution in [0.15, 0.2) is 100 Å². The standard InChI is InChI=1S/C25H15BrN2O/c26-25-27-20-14-15-22-23(19-8-4-5-9-21(19)29-22)24(20)28(25)18-12-10-17(11-13-18)16-6-2-1-3-7-16/h1-15H. The highest BCUT2D eigenvalue weighted by Gasteiger charge is 2.18. The number of benzene rings is 4. The van der Waals surface area contributed by atoms with E-state index in [0.717, 1.165) is 43.4 Å². The van der Waals surface area contributed by atoms with Crippen LogP contribution in [-0.2, 0) is 0 Å². The molecule has 0 amide bonds. The second-order valence-electron chi connectivity index (χ2n) is 7.03. The van der Waals surface area contributed by atoms with Crippen LogP contribution in [0.4, 0.5) is 0 Å². The molecule has 0 saturated carbocycles. The minimum atomic E-state index is 0.776. The second kappa shape index (κ2) is 6.33. The lowest BCUT2D eigenvalue weighted by atomic mass is 10.1. The minimum Gasteiger partial charge on any atom is -0.456 e. The summed E-state index contributed by atoms with van der Waals surface area (Å²) >= 11 is 3.67. The first-order valence-corrected chi connectivity index (χ1v) is 10.2. The summed E-state index contributed by atoms with van der Waals surface area (Å²) in [5.41, 5.74) is 7.18. The normalized spacial score (nSPS) is 11.6. The van der Waals surface area contributed by atoms with Crippen molar-refractivity contribution >= 4 is 48.9 Å². The number of fused-ring (bicyclic) bond motifs is 5. The molecule has 6 aromatic rings. The molecule has 29 heavy (non-hydrogen) atoms. The summed E-state index contributed by atoms with van der Waals surface area (Å²) in [4.78, 5) is 4.74.